The van der Waals surface area contributed by atoms with Crippen LogP contribution in [0.15, 0.2) is 35.7 Å². The number of halogens is 1. The summed E-state index contributed by atoms with van der Waals surface area (Å²) in [5.74, 6) is -0.170. The Balaban J connectivity index is 2.63. The van der Waals surface area contributed by atoms with Crippen LogP contribution in [0.4, 0.5) is 4.39 Å². The molecule has 0 nitrogen and oxygen atoms in total. The van der Waals surface area contributed by atoms with Gasteiger partial charge in [-0.3, -0.25) is 0 Å². The average Bonchev–Trinajstić information content (AvgIpc) is 2.68. The summed E-state index contributed by atoms with van der Waals surface area (Å²) in [5, 5.41) is 2.02. The monoisotopic (exact) mass is 234 g/mol. The van der Waals surface area contributed by atoms with Gasteiger partial charge < -0.3 is 0 Å². The first kappa shape index (κ1) is 11.3. The highest BCUT2D eigenvalue weighted by molar-refractivity contribution is 7.13. The van der Waals surface area contributed by atoms with Crippen molar-refractivity contribution in [3.63, 3.8) is 0 Å². The highest BCUT2D eigenvalue weighted by atomic mass is 32.1. The SMILES string of the molecule is CC(C)(C)c1ccc(F)cc1-c1cccs1. The van der Waals surface area contributed by atoms with Crippen LogP contribution in [0.1, 0.15) is 26.3 Å². The van der Waals surface area contributed by atoms with Gasteiger partial charge in [0.05, 0.1) is 0 Å². The molecule has 0 amide bonds. The van der Waals surface area contributed by atoms with Crippen LogP contribution < -0.4 is 0 Å². The minimum atomic E-state index is -0.170. The van der Waals surface area contributed by atoms with E-state index in [2.05, 4.69) is 20.8 Å². The molecule has 2 rings (SSSR count). The lowest BCUT2D eigenvalue weighted by atomic mass is 9.83. The Labute approximate surface area is 99.8 Å². The van der Waals surface area contributed by atoms with Crippen LogP contribution in [0.2, 0.25) is 0 Å². The number of rotatable bonds is 1. The largest absolute Gasteiger partial charge is 0.207 e. The molecule has 2 aromatic rings. The highest BCUT2D eigenvalue weighted by Crippen LogP contribution is 2.35. The third-order valence-corrected chi connectivity index (χ3v) is 3.48. The smallest absolute Gasteiger partial charge is 0.123 e. The summed E-state index contributed by atoms with van der Waals surface area (Å²) in [6, 6.07) is 9.10. The summed E-state index contributed by atoms with van der Waals surface area (Å²) < 4.78 is 13.3. The maximum atomic E-state index is 13.3. The molecule has 0 N–H and O–H groups in total. The molecule has 0 aliphatic heterocycles. The van der Waals surface area contributed by atoms with Crippen molar-refractivity contribution in [3.8, 4) is 10.4 Å². The predicted molar refractivity (Wildman–Crippen MR) is 68.4 cm³/mol. The zero-order valence-electron chi connectivity index (χ0n) is 9.75. The molecule has 84 valence electrons. The molecule has 0 spiro atoms. The molecule has 0 bridgehead atoms. The van der Waals surface area contributed by atoms with E-state index in [4.69, 9.17) is 0 Å². The minimum Gasteiger partial charge on any atom is -0.207 e. The molecular formula is C14H15FS. The van der Waals surface area contributed by atoms with E-state index in [9.17, 15) is 4.39 Å². The Morgan fingerprint density at radius 1 is 1.12 bits per heavy atom. The van der Waals surface area contributed by atoms with Crippen LogP contribution in [0.25, 0.3) is 10.4 Å². The summed E-state index contributed by atoms with van der Waals surface area (Å²) in [5.41, 5.74) is 2.24. The first-order valence-corrected chi connectivity index (χ1v) is 6.20. The summed E-state index contributed by atoms with van der Waals surface area (Å²) in [6.07, 6.45) is 0. The molecule has 0 atom stereocenters. The van der Waals surface area contributed by atoms with E-state index in [1.54, 1.807) is 17.4 Å². The van der Waals surface area contributed by atoms with Gasteiger partial charge in [0.25, 0.3) is 0 Å². The molecule has 0 unspecified atom stereocenters. The second-order valence-electron chi connectivity index (χ2n) is 4.92. The molecule has 0 fully saturated rings. The Bertz CT molecular complexity index is 478. The van der Waals surface area contributed by atoms with Gasteiger partial charge in [0.15, 0.2) is 0 Å². The molecule has 0 saturated carbocycles. The summed E-state index contributed by atoms with van der Waals surface area (Å²) in [6.45, 7) is 6.45. The van der Waals surface area contributed by atoms with Crippen LogP contribution in [0.5, 0.6) is 0 Å². The van der Waals surface area contributed by atoms with Crippen molar-refractivity contribution in [2.24, 2.45) is 0 Å². The van der Waals surface area contributed by atoms with Gasteiger partial charge in [0.2, 0.25) is 0 Å². The fourth-order valence-electron chi connectivity index (χ4n) is 1.81. The van der Waals surface area contributed by atoms with E-state index in [1.165, 1.54) is 11.6 Å². The fourth-order valence-corrected chi connectivity index (χ4v) is 2.56. The van der Waals surface area contributed by atoms with Crippen molar-refractivity contribution in [2.45, 2.75) is 26.2 Å². The zero-order chi connectivity index (χ0) is 11.8. The molecule has 1 aromatic heterocycles. The number of hydrogen-bond acceptors (Lipinski definition) is 1. The van der Waals surface area contributed by atoms with Crippen molar-refractivity contribution in [1.82, 2.24) is 0 Å². The zero-order valence-corrected chi connectivity index (χ0v) is 10.6. The first-order chi connectivity index (χ1) is 7.48. The molecule has 0 aliphatic carbocycles. The first-order valence-electron chi connectivity index (χ1n) is 5.32. The van der Waals surface area contributed by atoms with E-state index in [-0.39, 0.29) is 11.2 Å². The van der Waals surface area contributed by atoms with Gasteiger partial charge in [-0.25, -0.2) is 4.39 Å². The van der Waals surface area contributed by atoms with Crippen molar-refractivity contribution >= 4 is 11.3 Å². The van der Waals surface area contributed by atoms with Crippen molar-refractivity contribution in [1.29, 1.82) is 0 Å². The second-order valence-corrected chi connectivity index (χ2v) is 5.86. The third kappa shape index (κ3) is 2.17. The van der Waals surface area contributed by atoms with Gasteiger partial charge in [-0.1, -0.05) is 32.9 Å². The van der Waals surface area contributed by atoms with Crippen LogP contribution in [0.3, 0.4) is 0 Å². The minimum absolute atomic E-state index is 0.0347. The molecule has 1 aromatic carbocycles. The number of hydrogen-bond donors (Lipinski definition) is 0. The van der Waals surface area contributed by atoms with E-state index in [0.717, 1.165) is 10.4 Å². The normalized spacial score (nSPS) is 11.8. The van der Waals surface area contributed by atoms with Gasteiger partial charge in [-0.2, -0.15) is 0 Å². The molecule has 2 heteroatoms. The van der Waals surface area contributed by atoms with Gasteiger partial charge in [0, 0.05) is 4.88 Å². The Hall–Kier alpha value is -1.15. The van der Waals surface area contributed by atoms with Gasteiger partial charge in [-0.15, -0.1) is 11.3 Å². The molecule has 0 aliphatic rings. The quantitative estimate of drug-likeness (QED) is 0.661. The van der Waals surface area contributed by atoms with Crippen LogP contribution >= 0.6 is 11.3 Å². The van der Waals surface area contributed by atoms with E-state index in [1.807, 2.05) is 23.6 Å². The molecule has 1 heterocycles. The van der Waals surface area contributed by atoms with Crippen molar-refractivity contribution < 1.29 is 4.39 Å². The molecule has 0 radical (unpaired) electrons. The summed E-state index contributed by atoms with van der Waals surface area (Å²) in [4.78, 5) is 1.13. The summed E-state index contributed by atoms with van der Waals surface area (Å²) >= 11 is 1.65. The maximum absolute atomic E-state index is 13.3. The lowest BCUT2D eigenvalue weighted by Gasteiger charge is -2.22. The highest BCUT2D eigenvalue weighted by Gasteiger charge is 2.19. The van der Waals surface area contributed by atoms with Crippen LogP contribution in [0, 0.1) is 5.82 Å². The standard InChI is InChI=1S/C14H15FS/c1-14(2,3)12-7-6-10(15)9-11(12)13-5-4-8-16-13/h4-9H,1-3H3. The van der Waals surface area contributed by atoms with Crippen molar-refractivity contribution in [2.75, 3.05) is 0 Å². The van der Waals surface area contributed by atoms with E-state index >= 15 is 0 Å². The lowest BCUT2D eigenvalue weighted by Crippen LogP contribution is -2.12. The van der Waals surface area contributed by atoms with E-state index < -0.39 is 0 Å². The Morgan fingerprint density at radius 3 is 2.44 bits per heavy atom. The van der Waals surface area contributed by atoms with Gasteiger partial charge >= 0.3 is 0 Å². The van der Waals surface area contributed by atoms with Crippen molar-refractivity contribution in [3.05, 3.63) is 47.1 Å². The fraction of sp³-hybridized carbons (Fsp3) is 0.286. The number of thiophene rings is 1. The van der Waals surface area contributed by atoms with Gasteiger partial charge in [0.1, 0.15) is 5.82 Å². The topological polar surface area (TPSA) is 0 Å². The van der Waals surface area contributed by atoms with Gasteiger partial charge in [-0.05, 0) is 40.1 Å². The third-order valence-electron chi connectivity index (χ3n) is 2.58. The second kappa shape index (κ2) is 4.02. The van der Waals surface area contributed by atoms with E-state index in [0.29, 0.717) is 0 Å². The predicted octanol–water partition coefficient (Wildman–Crippen LogP) is 4.85. The Morgan fingerprint density at radius 2 is 1.88 bits per heavy atom. The molecular weight excluding hydrogens is 219 g/mol. The Kier molecular flexibility index (Phi) is 2.85. The van der Waals surface area contributed by atoms with Crippen LogP contribution in [-0.4, -0.2) is 0 Å². The average molecular weight is 234 g/mol. The summed E-state index contributed by atoms with van der Waals surface area (Å²) in [7, 11) is 0. The lowest BCUT2D eigenvalue weighted by molar-refractivity contribution is 0.585. The maximum Gasteiger partial charge on any atom is 0.123 e. The number of benzene rings is 1. The van der Waals surface area contributed by atoms with Crippen LogP contribution in [-0.2, 0) is 5.41 Å². The molecule has 16 heavy (non-hydrogen) atoms. The molecule has 0 saturated heterocycles.